The number of aliphatic hydroxyl groups is 2. The van der Waals surface area contributed by atoms with Crippen LogP contribution in [0, 0.1) is 0 Å². The van der Waals surface area contributed by atoms with Gasteiger partial charge in [0, 0.05) is 6.42 Å². The summed E-state index contributed by atoms with van der Waals surface area (Å²) in [5.41, 5.74) is 0. The standard InChI is InChI=1S/C61H113NO5/c1-4-7-10-13-16-19-22-25-27-29-30-32-34-36-39-42-45-48-51-54-61(66)67-57(52-49-46-43-40-37-35-33-31-28-26-23-20-17-14-11-8-5-2)55-60(65)62-58(56-63)59(64)53-50-47-44-41-38-24-21-18-15-12-9-6-3/h17,20,26,28,33,35,40,43,57-59,63-64H,4-16,18-19,21-25,27,29-32,34,36-39,41-42,44-56H2,1-3H3,(H,62,65)/b20-17-,28-26-,35-33-,43-40-. The molecule has 3 unspecified atom stereocenters. The van der Waals surface area contributed by atoms with Crippen LogP contribution in [0.3, 0.4) is 0 Å². The zero-order chi connectivity index (χ0) is 48.8. The van der Waals surface area contributed by atoms with E-state index in [1.807, 2.05) is 0 Å². The van der Waals surface area contributed by atoms with Gasteiger partial charge in [-0.3, -0.25) is 9.59 Å². The summed E-state index contributed by atoms with van der Waals surface area (Å²) in [6, 6.07) is -0.718. The van der Waals surface area contributed by atoms with Crippen LogP contribution in [0.25, 0.3) is 0 Å². The number of allylic oxidation sites excluding steroid dienone is 8. The van der Waals surface area contributed by atoms with Crippen molar-refractivity contribution in [1.82, 2.24) is 5.32 Å². The maximum absolute atomic E-state index is 13.3. The fourth-order valence-corrected chi connectivity index (χ4v) is 8.95. The number of aliphatic hydroxyl groups excluding tert-OH is 2. The van der Waals surface area contributed by atoms with E-state index in [1.54, 1.807) is 0 Å². The average molecular weight is 941 g/mol. The number of amides is 1. The Morgan fingerprint density at radius 1 is 0.433 bits per heavy atom. The summed E-state index contributed by atoms with van der Waals surface area (Å²) >= 11 is 0. The van der Waals surface area contributed by atoms with Crippen LogP contribution in [0.15, 0.2) is 48.6 Å². The molecule has 3 N–H and O–H groups in total. The number of carbonyl (C=O) groups is 2. The van der Waals surface area contributed by atoms with Gasteiger partial charge in [-0.05, 0) is 64.2 Å². The van der Waals surface area contributed by atoms with Crippen molar-refractivity contribution in [1.29, 1.82) is 0 Å². The van der Waals surface area contributed by atoms with Gasteiger partial charge in [0.2, 0.25) is 5.91 Å². The topological polar surface area (TPSA) is 95.9 Å². The Hall–Kier alpha value is -2.18. The van der Waals surface area contributed by atoms with Gasteiger partial charge < -0.3 is 20.3 Å². The lowest BCUT2D eigenvalue weighted by atomic mass is 10.0. The third kappa shape index (κ3) is 50.0. The fourth-order valence-electron chi connectivity index (χ4n) is 8.95. The monoisotopic (exact) mass is 940 g/mol. The second-order valence-corrected chi connectivity index (χ2v) is 20.1. The maximum Gasteiger partial charge on any atom is 0.306 e. The normalized spacial score (nSPS) is 13.4. The van der Waals surface area contributed by atoms with Crippen LogP contribution in [0.2, 0.25) is 0 Å². The van der Waals surface area contributed by atoms with E-state index in [9.17, 15) is 19.8 Å². The minimum atomic E-state index is -0.801. The van der Waals surface area contributed by atoms with Gasteiger partial charge in [-0.25, -0.2) is 0 Å². The summed E-state index contributed by atoms with van der Waals surface area (Å²) in [4.78, 5) is 26.3. The van der Waals surface area contributed by atoms with Gasteiger partial charge in [0.1, 0.15) is 6.10 Å². The minimum Gasteiger partial charge on any atom is -0.462 e. The Labute approximate surface area is 416 Å². The number of ether oxygens (including phenoxy) is 1. The van der Waals surface area contributed by atoms with E-state index < -0.39 is 18.2 Å². The molecule has 0 heterocycles. The molecule has 0 saturated carbocycles. The molecule has 6 heteroatoms. The van der Waals surface area contributed by atoms with E-state index in [2.05, 4.69) is 74.7 Å². The SMILES string of the molecule is CCCCC/C=C\C/C=C\C/C=C\C/C=C\CCCC(CC(=O)NC(CO)C(O)CCCCCCCCCCCCCC)OC(=O)CCCCCCCCCCCCCCCCCCCCC. The molecule has 6 nitrogen and oxygen atoms in total. The van der Waals surface area contributed by atoms with Crippen LogP contribution in [-0.4, -0.2) is 46.9 Å². The number of rotatable bonds is 53. The molecule has 3 atom stereocenters. The molecule has 0 fully saturated rings. The Balaban J connectivity index is 4.60. The summed E-state index contributed by atoms with van der Waals surface area (Å²) in [5.74, 6) is -0.514. The summed E-state index contributed by atoms with van der Waals surface area (Å²) in [5, 5.41) is 23.8. The van der Waals surface area contributed by atoms with Gasteiger partial charge in [-0.2, -0.15) is 0 Å². The van der Waals surface area contributed by atoms with Crippen LogP contribution in [0.1, 0.15) is 303 Å². The molecular weight excluding hydrogens is 827 g/mol. The zero-order valence-electron chi connectivity index (χ0n) is 44.8. The molecular formula is C61H113NO5. The molecule has 0 aromatic rings. The molecule has 0 aliphatic heterocycles. The first-order valence-corrected chi connectivity index (χ1v) is 29.4. The number of esters is 1. The van der Waals surface area contributed by atoms with Crippen LogP contribution in [0.4, 0.5) is 0 Å². The van der Waals surface area contributed by atoms with Gasteiger partial charge in [-0.15, -0.1) is 0 Å². The summed E-state index contributed by atoms with van der Waals surface area (Å²) in [7, 11) is 0. The lowest BCUT2D eigenvalue weighted by Crippen LogP contribution is -2.46. The largest absolute Gasteiger partial charge is 0.462 e. The summed E-state index contributed by atoms with van der Waals surface area (Å²) in [6.45, 7) is 6.47. The molecule has 0 saturated heterocycles. The summed E-state index contributed by atoms with van der Waals surface area (Å²) < 4.78 is 5.94. The van der Waals surface area contributed by atoms with Crippen molar-refractivity contribution >= 4 is 11.9 Å². The van der Waals surface area contributed by atoms with Crippen molar-refractivity contribution in [2.24, 2.45) is 0 Å². The highest BCUT2D eigenvalue weighted by Gasteiger charge is 2.24. The molecule has 0 radical (unpaired) electrons. The Kier molecular flexibility index (Phi) is 53.0. The van der Waals surface area contributed by atoms with E-state index in [0.717, 1.165) is 70.6 Å². The minimum absolute atomic E-state index is 0.0430. The van der Waals surface area contributed by atoms with E-state index in [4.69, 9.17) is 4.74 Å². The molecule has 1 amide bonds. The van der Waals surface area contributed by atoms with E-state index >= 15 is 0 Å². The molecule has 0 aromatic carbocycles. The van der Waals surface area contributed by atoms with Crippen LogP contribution in [0.5, 0.6) is 0 Å². The molecule has 0 spiro atoms. The second-order valence-electron chi connectivity index (χ2n) is 20.1. The van der Waals surface area contributed by atoms with Crippen molar-refractivity contribution in [3.05, 3.63) is 48.6 Å². The zero-order valence-corrected chi connectivity index (χ0v) is 44.8. The first-order valence-electron chi connectivity index (χ1n) is 29.4. The van der Waals surface area contributed by atoms with Crippen LogP contribution >= 0.6 is 0 Å². The van der Waals surface area contributed by atoms with Crippen LogP contribution in [-0.2, 0) is 14.3 Å². The first kappa shape index (κ1) is 64.8. The summed E-state index contributed by atoms with van der Waals surface area (Å²) in [6.07, 6.45) is 67.6. The van der Waals surface area contributed by atoms with Crippen molar-refractivity contribution in [3.63, 3.8) is 0 Å². The Morgan fingerprint density at radius 3 is 1.18 bits per heavy atom. The number of hydrogen-bond acceptors (Lipinski definition) is 5. The highest BCUT2D eigenvalue weighted by Crippen LogP contribution is 2.18. The van der Waals surface area contributed by atoms with Gasteiger partial charge in [0.15, 0.2) is 0 Å². The maximum atomic E-state index is 13.3. The average Bonchev–Trinajstić information content (AvgIpc) is 3.32. The predicted molar refractivity (Wildman–Crippen MR) is 292 cm³/mol. The highest BCUT2D eigenvalue weighted by atomic mass is 16.5. The Bertz CT molecular complexity index is 1150. The lowest BCUT2D eigenvalue weighted by Gasteiger charge is -2.24. The van der Waals surface area contributed by atoms with E-state index in [0.29, 0.717) is 19.3 Å². The molecule has 0 rings (SSSR count). The molecule has 0 bridgehead atoms. The smallest absolute Gasteiger partial charge is 0.306 e. The van der Waals surface area contributed by atoms with Crippen molar-refractivity contribution in [2.45, 2.75) is 322 Å². The predicted octanol–water partition coefficient (Wildman–Crippen LogP) is 18.2. The Morgan fingerprint density at radius 2 is 0.776 bits per heavy atom. The van der Waals surface area contributed by atoms with Gasteiger partial charge in [0.25, 0.3) is 0 Å². The quantitative estimate of drug-likeness (QED) is 0.0321. The van der Waals surface area contributed by atoms with Crippen molar-refractivity contribution in [3.8, 4) is 0 Å². The lowest BCUT2D eigenvalue weighted by molar-refractivity contribution is -0.151. The highest BCUT2D eigenvalue weighted by molar-refractivity contribution is 5.77. The third-order valence-electron chi connectivity index (χ3n) is 13.4. The first-order chi connectivity index (χ1) is 33.0. The molecule has 67 heavy (non-hydrogen) atoms. The number of hydrogen-bond donors (Lipinski definition) is 3. The second kappa shape index (κ2) is 54.8. The number of carbonyl (C=O) groups excluding carboxylic acids is 2. The van der Waals surface area contributed by atoms with E-state index in [1.165, 1.54) is 186 Å². The molecule has 0 aliphatic carbocycles. The number of nitrogens with one attached hydrogen (secondary N) is 1. The van der Waals surface area contributed by atoms with Crippen LogP contribution < -0.4 is 5.32 Å². The number of unbranched alkanes of at least 4 members (excludes halogenated alkanes) is 33. The molecule has 392 valence electrons. The van der Waals surface area contributed by atoms with E-state index in [-0.39, 0.29) is 24.9 Å². The molecule has 0 aromatic heterocycles. The van der Waals surface area contributed by atoms with Gasteiger partial charge in [-0.1, -0.05) is 275 Å². The van der Waals surface area contributed by atoms with Gasteiger partial charge in [0.05, 0.1) is 25.2 Å². The fraction of sp³-hybridized carbons (Fsp3) is 0.836. The van der Waals surface area contributed by atoms with Crippen molar-refractivity contribution < 1.29 is 24.5 Å². The van der Waals surface area contributed by atoms with Gasteiger partial charge >= 0.3 is 5.97 Å². The molecule has 0 aliphatic rings. The third-order valence-corrected chi connectivity index (χ3v) is 13.4. The van der Waals surface area contributed by atoms with Crippen molar-refractivity contribution in [2.75, 3.05) is 6.61 Å².